The molecule has 0 unspecified atom stereocenters. The Bertz CT molecular complexity index is 1000. The molecule has 2 N–H and O–H groups in total. The van der Waals surface area contributed by atoms with Crippen molar-refractivity contribution in [2.24, 2.45) is 0 Å². The molecule has 2 aromatic rings. The van der Waals surface area contributed by atoms with Crippen molar-refractivity contribution in [2.45, 2.75) is 44.2 Å². The molecular weight excluding hydrogens is 436 g/mol. The van der Waals surface area contributed by atoms with Gasteiger partial charge < -0.3 is 24.8 Å². The Morgan fingerprint density at radius 3 is 2.26 bits per heavy atom. The lowest BCUT2D eigenvalue weighted by molar-refractivity contribution is -0.155. The van der Waals surface area contributed by atoms with Crippen LogP contribution >= 0.6 is 0 Å². The van der Waals surface area contributed by atoms with Crippen LogP contribution in [0.2, 0.25) is 0 Å². The number of hydrogen-bond acceptors (Lipinski definition) is 5. The van der Waals surface area contributed by atoms with Crippen molar-refractivity contribution in [3.8, 4) is 11.1 Å². The van der Waals surface area contributed by atoms with Crippen LogP contribution in [0.25, 0.3) is 11.1 Å². The van der Waals surface area contributed by atoms with Gasteiger partial charge in [0.25, 0.3) is 0 Å². The van der Waals surface area contributed by atoms with Crippen LogP contribution in [0.1, 0.15) is 43.2 Å². The van der Waals surface area contributed by atoms with E-state index >= 15 is 0 Å². The number of nitrogens with one attached hydrogen (secondary N) is 1. The Balaban J connectivity index is 1.34. The maximum atomic E-state index is 12.9. The average Bonchev–Trinajstić information content (AvgIpc) is 3.12. The van der Waals surface area contributed by atoms with Crippen molar-refractivity contribution in [3.05, 3.63) is 59.7 Å². The summed E-state index contributed by atoms with van der Waals surface area (Å²) in [7, 11) is 0. The van der Waals surface area contributed by atoms with Crippen LogP contribution in [0, 0.1) is 0 Å². The molecule has 0 bridgehead atoms. The summed E-state index contributed by atoms with van der Waals surface area (Å²) in [5, 5.41) is 11.5. The number of rotatable bonds is 10. The number of likely N-dealkylation sites (tertiary alicyclic amines) is 1. The van der Waals surface area contributed by atoms with Gasteiger partial charge in [0.05, 0.1) is 6.10 Å². The molecule has 0 radical (unpaired) electrons. The van der Waals surface area contributed by atoms with Crippen molar-refractivity contribution in [1.82, 2.24) is 10.2 Å². The molecule has 8 nitrogen and oxygen atoms in total. The summed E-state index contributed by atoms with van der Waals surface area (Å²) in [6.07, 6.45) is 1.28. The van der Waals surface area contributed by atoms with Crippen LogP contribution in [0.4, 0.5) is 4.79 Å². The Labute approximate surface area is 198 Å². The molecule has 1 saturated heterocycles. The number of nitrogens with zero attached hydrogens (tertiary/aromatic N) is 1. The van der Waals surface area contributed by atoms with Crippen molar-refractivity contribution < 1.29 is 29.0 Å². The summed E-state index contributed by atoms with van der Waals surface area (Å²) in [5.41, 5.74) is 4.56. The first-order chi connectivity index (χ1) is 16.5. The van der Waals surface area contributed by atoms with E-state index in [2.05, 4.69) is 29.6 Å². The maximum Gasteiger partial charge on any atom is 0.407 e. The molecule has 1 aliphatic carbocycles. The molecule has 4 rings (SSSR count). The summed E-state index contributed by atoms with van der Waals surface area (Å²) in [5.74, 6) is -1.29. The zero-order chi connectivity index (χ0) is 24.1. The first-order valence-electron chi connectivity index (χ1n) is 11.7. The Morgan fingerprint density at radius 1 is 1.06 bits per heavy atom. The number of carbonyl (C=O) groups excluding carboxylic acids is 2. The van der Waals surface area contributed by atoms with Crippen molar-refractivity contribution in [1.29, 1.82) is 0 Å². The number of carbonyl (C=O) groups is 3. The molecule has 0 saturated carbocycles. The highest BCUT2D eigenvalue weighted by Gasteiger charge is 2.36. The smallest absolute Gasteiger partial charge is 0.407 e. The first kappa shape index (κ1) is 23.8. The lowest BCUT2D eigenvalue weighted by Gasteiger charge is -2.40. The molecule has 2 aromatic carbocycles. The third kappa shape index (κ3) is 5.22. The van der Waals surface area contributed by atoms with E-state index in [0.717, 1.165) is 35.1 Å². The Kier molecular flexibility index (Phi) is 7.47. The maximum absolute atomic E-state index is 12.9. The highest BCUT2D eigenvalue weighted by Crippen LogP contribution is 2.44. The van der Waals surface area contributed by atoms with Gasteiger partial charge in [-0.1, -0.05) is 68.3 Å². The second kappa shape index (κ2) is 10.7. The number of carboxylic acids is 1. The van der Waals surface area contributed by atoms with Gasteiger partial charge in [-0.3, -0.25) is 4.79 Å². The first-order valence-corrected chi connectivity index (χ1v) is 11.7. The lowest BCUT2D eigenvalue weighted by Crippen LogP contribution is -2.60. The van der Waals surface area contributed by atoms with Gasteiger partial charge in [-0.05, 0) is 28.7 Å². The third-order valence-electron chi connectivity index (χ3n) is 6.38. The van der Waals surface area contributed by atoms with Gasteiger partial charge in [-0.25, -0.2) is 9.59 Å². The minimum Gasteiger partial charge on any atom is -0.480 e. The van der Waals surface area contributed by atoms with Gasteiger partial charge in [-0.15, -0.1) is 0 Å². The number of hydrogen-bond donors (Lipinski definition) is 2. The predicted molar refractivity (Wildman–Crippen MR) is 125 cm³/mol. The number of alkyl carbamates (subject to hydrolysis) is 1. The van der Waals surface area contributed by atoms with Gasteiger partial charge in [0.1, 0.15) is 19.3 Å². The van der Waals surface area contributed by atoms with Crippen LogP contribution in [0.15, 0.2) is 48.5 Å². The average molecular weight is 467 g/mol. The van der Waals surface area contributed by atoms with Crippen LogP contribution in [-0.4, -0.2) is 66.4 Å². The fraction of sp³-hybridized carbons (Fsp3) is 0.423. The molecule has 0 spiro atoms. The van der Waals surface area contributed by atoms with E-state index in [1.54, 1.807) is 4.90 Å². The fourth-order valence-electron chi connectivity index (χ4n) is 4.58. The molecular formula is C26H30N2O6. The van der Waals surface area contributed by atoms with Gasteiger partial charge in [0.2, 0.25) is 5.91 Å². The quantitative estimate of drug-likeness (QED) is 0.556. The zero-order valence-electron chi connectivity index (χ0n) is 19.2. The van der Waals surface area contributed by atoms with E-state index in [1.807, 2.05) is 31.2 Å². The summed E-state index contributed by atoms with van der Waals surface area (Å²) in [6, 6.07) is 15.6. The molecule has 34 heavy (non-hydrogen) atoms. The molecule has 2 aliphatic rings. The van der Waals surface area contributed by atoms with Crippen molar-refractivity contribution in [2.75, 3.05) is 26.3 Å². The van der Waals surface area contributed by atoms with E-state index in [-0.39, 0.29) is 31.1 Å². The largest absolute Gasteiger partial charge is 0.480 e. The minimum atomic E-state index is -1.04. The standard InChI is InChI=1S/C26H30N2O6/c1-2-3-12-23(25(31)28-13-17(14-28)33-16-24(29)30)27-26(32)34-15-22-20-10-6-4-8-18(20)19-9-5-7-11-21(19)22/h4-11,17,22-23H,2-3,12-16H2,1H3,(H,27,32)(H,29,30)/t23-/m0/s1. The predicted octanol–water partition coefficient (Wildman–Crippen LogP) is 3.40. The van der Waals surface area contributed by atoms with Crippen LogP contribution < -0.4 is 5.32 Å². The number of unbranched alkanes of at least 4 members (excludes halogenated alkanes) is 1. The second-order valence-electron chi connectivity index (χ2n) is 8.73. The minimum absolute atomic E-state index is 0.0505. The number of aliphatic carboxylic acids is 1. The Hall–Kier alpha value is -3.39. The van der Waals surface area contributed by atoms with Gasteiger partial charge >= 0.3 is 12.1 Å². The SMILES string of the molecule is CCCC[C@H](NC(=O)OCC1c2ccccc2-c2ccccc21)C(=O)N1CC(OCC(=O)O)C1. The second-order valence-corrected chi connectivity index (χ2v) is 8.73. The molecule has 1 aliphatic heterocycles. The highest BCUT2D eigenvalue weighted by molar-refractivity contribution is 5.86. The number of amides is 2. The topological polar surface area (TPSA) is 105 Å². The van der Waals surface area contributed by atoms with Gasteiger partial charge in [-0.2, -0.15) is 0 Å². The summed E-state index contributed by atoms with van der Waals surface area (Å²) in [6.45, 7) is 2.46. The summed E-state index contributed by atoms with van der Waals surface area (Å²) in [4.78, 5) is 37.8. The molecule has 2 amide bonds. The molecule has 1 atom stereocenters. The van der Waals surface area contributed by atoms with Crippen LogP contribution in [-0.2, 0) is 19.1 Å². The van der Waals surface area contributed by atoms with Crippen LogP contribution in [0.5, 0.6) is 0 Å². The lowest BCUT2D eigenvalue weighted by atomic mass is 9.98. The van der Waals surface area contributed by atoms with Crippen molar-refractivity contribution in [3.63, 3.8) is 0 Å². The molecule has 8 heteroatoms. The number of carboxylic acid groups (broad SMARTS) is 1. The highest BCUT2D eigenvalue weighted by atomic mass is 16.5. The zero-order valence-corrected chi connectivity index (χ0v) is 19.2. The number of benzene rings is 2. The van der Waals surface area contributed by atoms with E-state index in [1.165, 1.54) is 0 Å². The Morgan fingerprint density at radius 2 is 1.68 bits per heavy atom. The summed E-state index contributed by atoms with van der Waals surface area (Å²) >= 11 is 0. The summed E-state index contributed by atoms with van der Waals surface area (Å²) < 4.78 is 10.8. The van der Waals surface area contributed by atoms with Gasteiger partial charge in [0, 0.05) is 19.0 Å². The van der Waals surface area contributed by atoms with E-state index in [0.29, 0.717) is 19.5 Å². The van der Waals surface area contributed by atoms with E-state index in [9.17, 15) is 14.4 Å². The third-order valence-corrected chi connectivity index (χ3v) is 6.38. The van der Waals surface area contributed by atoms with Crippen LogP contribution in [0.3, 0.4) is 0 Å². The molecule has 180 valence electrons. The number of fused-ring (bicyclic) bond motifs is 3. The molecule has 0 aromatic heterocycles. The van der Waals surface area contributed by atoms with E-state index < -0.39 is 18.1 Å². The monoisotopic (exact) mass is 466 g/mol. The van der Waals surface area contributed by atoms with E-state index in [4.69, 9.17) is 14.6 Å². The normalized spacial score (nSPS) is 15.7. The number of ether oxygens (including phenoxy) is 2. The van der Waals surface area contributed by atoms with Crippen molar-refractivity contribution >= 4 is 18.0 Å². The van der Waals surface area contributed by atoms with Gasteiger partial charge in [0.15, 0.2) is 0 Å². The molecule has 1 heterocycles. The fourth-order valence-corrected chi connectivity index (χ4v) is 4.58. The molecule has 1 fully saturated rings.